The summed E-state index contributed by atoms with van der Waals surface area (Å²) in [5, 5.41) is 0. The summed E-state index contributed by atoms with van der Waals surface area (Å²) in [4.78, 5) is 22.6. The predicted octanol–water partition coefficient (Wildman–Crippen LogP) is 1.14. The van der Waals surface area contributed by atoms with Crippen molar-refractivity contribution in [2.24, 2.45) is 0 Å². The second kappa shape index (κ2) is 7.05. The monoisotopic (exact) mass is 264 g/mol. The first-order valence-electron chi connectivity index (χ1n) is 5.53. The Hall–Kier alpha value is -2.50. The van der Waals surface area contributed by atoms with Crippen molar-refractivity contribution >= 4 is 17.6 Å². The number of hydrogen-bond acceptors (Lipinski definition) is 6. The summed E-state index contributed by atoms with van der Waals surface area (Å²) < 4.78 is 9.00. The Bertz CT molecular complexity index is 480. The number of carbonyl (C=O) groups is 2. The highest BCUT2D eigenvalue weighted by Crippen LogP contribution is 2.07. The summed E-state index contributed by atoms with van der Waals surface area (Å²) in [5.41, 5.74) is 7.21. The van der Waals surface area contributed by atoms with Gasteiger partial charge in [0.2, 0.25) is 0 Å². The van der Waals surface area contributed by atoms with E-state index in [1.165, 1.54) is 14.2 Å². The van der Waals surface area contributed by atoms with Crippen molar-refractivity contribution in [3.05, 3.63) is 41.6 Å². The molecule has 0 saturated heterocycles. The maximum Gasteiger partial charge on any atom is 0.356 e. The number of hydrazine groups is 1. The molecule has 0 aliphatic heterocycles. The molecule has 0 atom stereocenters. The Labute approximate surface area is 111 Å². The van der Waals surface area contributed by atoms with Crippen LogP contribution in [0.15, 0.2) is 36.0 Å². The van der Waals surface area contributed by atoms with Crippen LogP contribution >= 0.6 is 0 Å². The van der Waals surface area contributed by atoms with Crippen LogP contribution < -0.4 is 10.9 Å². The van der Waals surface area contributed by atoms with Crippen molar-refractivity contribution in [1.82, 2.24) is 5.43 Å². The van der Waals surface area contributed by atoms with Crippen LogP contribution in [0.3, 0.4) is 0 Å². The fraction of sp³-hybridized carbons (Fsp3) is 0.231. The first kappa shape index (κ1) is 14.6. The molecule has 0 heterocycles. The Balaban J connectivity index is 2.73. The van der Waals surface area contributed by atoms with Gasteiger partial charge in [0.15, 0.2) is 0 Å². The minimum Gasteiger partial charge on any atom is -0.466 e. The lowest BCUT2D eigenvalue weighted by Crippen LogP contribution is -2.28. The van der Waals surface area contributed by atoms with Crippen molar-refractivity contribution < 1.29 is 19.1 Å². The van der Waals surface area contributed by atoms with E-state index in [-0.39, 0.29) is 5.70 Å². The van der Waals surface area contributed by atoms with Gasteiger partial charge in [-0.3, -0.25) is 5.43 Å². The third-order valence-corrected chi connectivity index (χ3v) is 2.26. The van der Waals surface area contributed by atoms with Crippen molar-refractivity contribution in [1.29, 1.82) is 0 Å². The molecule has 1 aromatic carbocycles. The van der Waals surface area contributed by atoms with Crippen LogP contribution in [0.1, 0.15) is 5.56 Å². The van der Waals surface area contributed by atoms with Crippen molar-refractivity contribution in [3.63, 3.8) is 0 Å². The Kier molecular flexibility index (Phi) is 5.40. The molecular weight excluding hydrogens is 248 g/mol. The van der Waals surface area contributed by atoms with E-state index >= 15 is 0 Å². The molecule has 19 heavy (non-hydrogen) atoms. The molecule has 0 aliphatic rings. The van der Waals surface area contributed by atoms with Crippen LogP contribution in [0.2, 0.25) is 0 Å². The van der Waals surface area contributed by atoms with Gasteiger partial charge in [-0.2, -0.15) is 0 Å². The van der Waals surface area contributed by atoms with E-state index in [1.807, 2.05) is 31.2 Å². The molecule has 0 bridgehead atoms. The van der Waals surface area contributed by atoms with Gasteiger partial charge in [-0.25, -0.2) is 9.59 Å². The van der Waals surface area contributed by atoms with Gasteiger partial charge in [-0.1, -0.05) is 17.7 Å². The summed E-state index contributed by atoms with van der Waals surface area (Å²) in [7, 11) is 2.45. The number of rotatable bonds is 5. The van der Waals surface area contributed by atoms with E-state index in [0.29, 0.717) is 0 Å². The van der Waals surface area contributed by atoms with Gasteiger partial charge in [0.05, 0.1) is 26.0 Å². The van der Waals surface area contributed by atoms with E-state index in [9.17, 15) is 9.59 Å². The van der Waals surface area contributed by atoms with E-state index in [2.05, 4.69) is 20.3 Å². The lowest BCUT2D eigenvalue weighted by molar-refractivity contribution is -0.138. The molecule has 0 unspecified atom stereocenters. The number of esters is 2. The minimum atomic E-state index is -0.676. The highest BCUT2D eigenvalue weighted by Gasteiger charge is 2.11. The van der Waals surface area contributed by atoms with E-state index in [4.69, 9.17) is 0 Å². The highest BCUT2D eigenvalue weighted by atomic mass is 16.5. The van der Waals surface area contributed by atoms with Crippen molar-refractivity contribution in [2.75, 3.05) is 19.6 Å². The summed E-state index contributed by atoms with van der Waals surface area (Å²) in [6.45, 7) is 1.97. The molecular formula is C13H16N2O4. The van der Waals surface area contributed by atoms with Crippen LogP contribution in [-0.4, -0.2) is 26.2 Å². The topological polar surface area (TPSA) is 76.7 Å². The lowest BCUT2D eigenvalue weighted by Gasteiger charge is -2.11. The highest BCUT2D eigenvalue weighted by molar-refractivity contribution is 5.95. The number of nitrogens with one attached hydrogen (secondary N) is 2. The number of hydrogen-bond donors (Lipinski definition) is 2. The standard InChI is InChI=1S/C13H16N2O4/c1-9-4-6-10(7-5-9)14-15-11(13(17)19-3)8-12(16)18-2/h4-8,14-15H,1-3H3/b11-8+. The normalized spacial score (nSPS) is 10.6. The summed E-state index contributed by atoms with van der Waals surface area (Å²) in [6.07, 6.45) is 1.01. The first-order chi connectivity index (χ1) is 9.06. The van der Waals surface area contributed by atoms with Crippen molar-refractivity contribution in [3.8, 4) is 0 Å². The molecule has 0 aromatic heterocycles. The van der Waals surface area contributed by atoms with Crippen LogP contribution in [0, 0.1) is 6.92 Å². The van der Waals surface area contributed by atoms with Crippen LogP contribution in [0.5, 0.6) is 0 Å². The third-order valence-electron chi connectivity index (χ3n) is 2.26. The van der Waals surface area contributed by atoms with Crippen LogP contribution in [0.25, 0.3) is 0 Å². The van der Waals surface area contributed by atoms with Gasteiger partial charge in [-0.05, 0) is 19.1 Å². The smallest absolute Gasteiger partial charge is 0.356 e. The molecule has 6 heteroatoms. The van der Waals surface area contributed by atoms with Gasteiger partial charge in [0.25, 0.3) is 0 Å². The second-order valence-electron chi connectivity index (χ2n) is 3.69. The molecule has 0 radical (unpaired) electrons. The quantitative estimate of drug-likeness (QED) is 0.472. The minimum absolute atomic E-state index is 0.0464. The Morgan fingerprint density at radius 2 is 1.74 bits per heavy atom. The Morgan fingerprint density at radius 1 is 1.11 bits per heavy atom. The van der Waals surface area contributed by atoms with E-state index in [1.54, 1.807) is 0 Å². The average Bonchev–Trinajstić information content (AvgIpc) is 2.43. The molecule has 0 aliphatic carbocycles. The van der Waals surface area contributed by atoms with Gasteiger partial charge < -0.3 is 14.9 Å². The zero-order valence-electron chi connectivity index (χ0n) is 11.0. The van der Waals surface area contributed by atoms with Crippen LogP contribution in [-0.2, 0) is 19.1 Å². The Morgan fingerprint density at radius 3 is 2.26 bits per heavy atom. The van der Waals surface area contributed by atoms with Gasteiger partial charge >= 0.3 is 11.9 Å². The molecule has 1 rings (SSSR count). The van der Waals surface area contributed by atoms with E-state index in [0.717, 1.165) is 17.3 Å². The SMILES string of the molecule is COC(=O)/C=C(/NNc1ccc(C)cc1)C(=O)OC. The predicted molar refractivity (Wildman–Crippen MR) is 70.1 cm³/mol. The molecule has 102 valence electrons. The largest absolute Gasteiger partial charge is 0.466 e. The molecule has 1 aromatic rings. The van der Waals surface area contributed by atoms with E-state index < -0.39 is 11.9 Å². The molecule has 6 nitrogen and oxygen atoms in total. The molecule has 0 amide bonds. The van der Waals surface area contributed by atoms with Crippen molar-refractivity contribution in [2.45, 2.75) is 6.92 Å². The zero-order chi connectivity index (χ0) is 14.3. The van der Waals surface area contributed by atoms with Crippen LogP contribution in [0.4, 0.5) is 5.69 Å². The third kappa shape index (κ3) is 4.71. The fourth-order valence-corrected chi connectivity index (χ4v) is 1.21. The molecule has 2 N–H and O–H groups in total. The first-order valence-corrected chi connectivity index (χ1v) is 5.53. The average molecular weight is 264 g/mol. The van der Waals surface area contributed by atoms with Gasteiger partial charge in [-0.15, -0.1) is 0 Å². The number of ether oxygens (including phenoxy) is 2. The summed E-state index contributed by atoms with van der Waals surface area (Å²) in [5.74, 6) is -1.33. The van der Waals surface area contributed by atoms with Gasteiger partial charge in [0.1, 0.15) is 5.70 Å². The lowest BCUT2D eigenvalue weighted by atomic mass is 10.2. The van der Waals surface area contributed by atoms with Gasteiger partial charge in [0, 0.05) is 0 Å². The number of carbonyl (C=O) groups excluding carboxylic acids is 2. The molecule has 0 spiro atoms. The maximum absolute atomic E-state index is 11.4. The fourth-order valence-electron chi connectivity index (χ4n) is 1.21. The summed E-state index contributed by atoms with van der Waals surface area (Å²) in [6, 6.07) is 7.47. The number of benzene rings is 1. The maximum atomic E-state index is 11.4. The zero-order valence-corrected chi connectivity index (χ0v) is 11.0. The number of methoxy groups -OCH3 is 2. The molecule has 0 fully saturated rings. The number of anilines is 1. The molecule has 0 saturated carbocycles. The number of aryl methyl sites for hydroxylation is 1. The summed E-state index contributed by atoms with van der Waals surface area (Å²) >= 11 is 0. The second-order valence-corrected chi connectivity index (χ2v) is 3.69.